The van der Waals surface area contributed by atoms with Crippen LogP contribution in [0, 0.1) is 0 Å². The SMILES string of the molecule is COc1nc(N2CCNCC2)nc2oc(-c3ccc(C4(N)CCC4)cc3)c(-c3ccccc3)c12.Cl.Cl. The first-order valence-electron chi connectivity index (χ1n) is 12.0. The molecule has 6 rings (SSSR count). The van der Waals surface area contributed by atoms with Crippen LogP contribution in [-0.4, -0.2) is 43.3 Å². The van der Waals surface area contributed by atoms with Crippen LogP contribution < -0.4 is 20.7 Å². The molecule has 1 saturated carbocycles. The van der Waals surface area contributed by atoms with Crippen LogP contribution in [0.15, 0.2) is 59.0 Å². The largest absolute Gasteiger partial charge is 0.480 e. The molecule has 2 fully saturated rings. The van der Waals surface area contributed by atoms with Crippen molar-refractivity contribution in [2.75, 3.05) is 38.2 Å². The molecule has 7 nitrogen and oxygen atoms in total. The van der Waals surface area contributed by atoms with Crippen molar-refractivity contribution in [3.05, 3.63) is 60.2 Å². The number of methoxy groups -OCH3 is 1. The molecule has 0 bridgehead atoms. The van der Waals surface area contributed by atoms with E-state index >= 15 is 0 Å². The summed E-state index contributed by atoms with van der Waals surface area (Å²) in [5.41, 5.74) is 11.0. The number of rotatable bonds is 5. The van der Waals surface area contributed by atoms with Crippen LogP contribution in [0.25, 0.3) is 33.6 Å². The number of nitrogens with two attached hydrogens (primary N) is 1. The maximum Gasteiger partial charge on any atom is 0.236 e. The molecule has 2 aliphatic rings. The lowest BCUT2D eigenvalue weighted by atomic mass is 9.72. The van der Waals surface area contributed by atoms with Crippen LogP contribution in [-0.2, 0) is 5.54 Å². The predicted octanol–water partition coefficient (Wildman–Crippen LogP) is 5.16. The highest BCUT2D eigenvalue weighted by Crippen LogP contribution is 2.45. The van der Waals surface area contributed by atoms with Crippen LogP contribution in [0.4, 0.5) is 5.95 Å². The van der Waals surface area contributed by atoms with E-state index in [1.165, 1.54) is 12.0 Å². The second kappa shape index (κ2) is 10.6. The molecule has 2 aromatic carbocycles. The molecule has 9 heteroatoms. The molecular weight excluding hydrogens is 497 g/mol. The molecule has 0 spiro atoms. The van der Waals surface area contributed by atoms with E-state index in [-0.39, 0.29) is 30.4 Å². The van der Waals surface area contributed by atoms with Gasteiger partial charge >= 0.3 is 0 Å². The van der Waals surface area contributed by atoms with Crippen molar-refractivity contribution < 1.29 is 9.15 Å². The van der Waals surface area contributed by atoms with Gasteiger partial charge in [-0.25, -0.2) is 0 Å². The van der Waals surface area contributed by atoms with Gasteiger partial charge in [-0.2, -0.15) is 9.97 Å². The van der Waals surface area contributed by atoms with Crippen LogP contribution in [0.1, 0.15) is 24.8 Å². The molecule has 2 aromatic heterocycles. The Morgan fingerprint density at radius 2 is 1.64 bits per heavy atom. The van der Waals surface area contributed by atoms with Gasteiger partial charge in [-0.05, 0) is 30.4 Å². The summed E-state index contributed by atoms with van der Waals surface area (Å²) in [4.78, 5) is 11.8. The fourth-order valence-corrected chi connectivity index (χ4v) is 5.00. The van der Waals surface area contributed by atoms with Gasteiger partial charge < -0.3 is 25.1 Å². The van der Waals surface area contributed by atoms with Crippen molar-refractivity contribution in [3.8, 4) is 28.3 Å². The van der Waals surface area contributed by atoms with Crippen LogP contribution in [0.2, 0.25) is 0 Å². The lowest BCUT2D eigenvalue weighted by Gasteiger charge is -2.38. The summed E-state index contributed by atoms with van der Waals surface area (Å²) in [5, 5.41) is 4.16. The Bertz CT molecular complexity index is 1320. The molecule has 0 unspecified atom stereocenters. The number of hydrogen-bond acceptors (Lipinski definition) is 7. The van der Waals surface area contributed by atoms with Gasteiger partial charge in [0.15, 0.2) is 0 Å². The Kier molecular flexibility index (Phi) is 7.76. The molecule has 0 radical (unpaired) electrons. The first-order chi connectivity index (χ1) is 16.7. The Hall–Kier alpha value is -2.84. The average molecular weight is 528 g/mol. The van der Waals surface area contributed by atoms with E-state index in [0.717, 1.165) is 66.9 Å². The highest BCUT2D eigenvalue weighted by molar-refractivity contribution is 6.03. The minimum absolute atomic E-state index is 0. The maximum atomic E-state index is 6.55. The lowest BCUT2D eigenvalue weighted by molar-refractivity contribution is 0.253. The zero-order valence-corrected chi connectivity index (χ0v) is 21.8. The number of nitrogens with one attached hydrogen (secondary N) is 1. The third-order valence-electron chi connectivity index (χ3n) is 7.13. The summed E-state index contributed by atoms with van der Waals surface area (Å²) in [6.45, 7) is 3.49. The topological polar surface area (TPSA) is 89.4 Å². The van der Waals surface area contributed by atoms with Gasteiger partial charge in [0.25, 0.3) is 0 Å². The number of furan rings is 1. The van der Waals surface area contributed by atoms with Crippen LogP contribution >= 0.6 is 24.8 Å². The standard InChI is InChI=1S/C27H29N5O2.2ClH/c1-33-24-22-21(18-6-3-2-4-7-18)23(19-8-10-20(11-9-19)27(28)12-5-13-27)34-25(22)31-26(30-24)32-16-14-29-15-17-32;;/h2-4,6-11,29H,5,12-17,28H2,1H3;2*1H. The number of benzene rings is 2. The molecule has 3 heterocycles. The maximum absolute atomic E-state index is 6.55. The lowest BCUT2D eigenvalue weighted by Crippen LogP contribution is -2.44. The Labute approximate surface area is 223 Å². The third kappa shape index (κ3) is 4.52. The van der Waals surface area contributed by atoms with E-state index in [1.54, 1.807) is 7.11 Å². The first kappa shape index (κ1) is 26.2. The van der Waals surface area contributed by atoms with E-state index in [9.17, 15) is 0 Å². The number of hydrogen-bond donors (Lipinski definition) is 2. The molecule has 0 atom stereocenters. The fourth-order valence-electron chi connectivity index (χ4n) is 5.00. The smallest absolute Gasteiger partial charge is 0.236 e. The van der Waals surface area contributed by atoms with Crippen LogP contribution in [0.3, 0.4) is 0 Å². The number of anilines is 1. The highest BCUT2D eigenvalue weighted by atomic mass is 35.5. The van der Waals surface area contributed by atoms with Crippen molar-refractivity contribution in [3.63, 3.8) is 0 Å². The Balaban J connectivity index is 0.00000152. The molecule has 1 aliphatic carbocycles. The van der Waals surface area contributed by atoms with Crippen molar-refractivity contribution >= 4 is 41.9 Å². The molecule has 0 amide bonds. The zero-order chi connectivity index (χ0) is 23.1. The van der Waals surface area contributed by atoms with Crippen molar-refractivity contribution in [1.82, 2.24) is 15.3 Å². The average Bonchev–Trinajstić information content (AvgIpc) is 3.27. The number of nitrogens with zero attached hydrogens (tertiary/aromatic N) is 3. The van der Waals surface area contributed by atoms with E-state index in [4.69, 9.17) is 24.9 Å². The van der Waals surface area contributed by atoms with Gasteiger partial charge in [-0.3, -0.25) is 0 Å². The van der Waals surface area contributed by atoms with E-state index in [0.29, 0.717) is 17.5 Å². The summed E-state index contributed by atoms with van der Waals surface area (Å²) in [5.74, 6) is 1.92. The summed E-state index contributed by atoms with van der Waals surface area (Å²) in [6, 6.07) is 18.7. The summed E-state index contributed by atoms with van der Waals surface area (Å²) >= 11 is 0. The monoisotopic (exact) mass is 527 g/mol. The zero-order valence-electron chi connectivity index (χ0n) is 20.2. The minimum atomic E-state index is -0.193. The molecule has 4 aromatic rings. The molecular formula is C27H31Cl2N5O2. The number of aromatic nitrogens is 2. The number of fused-ring (bicyclic) bond motifs is 1. The van der Waals surface area contributed by atoms with Gasteiger partial charge in [0.05, 0.1) is 7.11 Å². The fraction of sp³-hybridized carbons (Fsp3) is 0.333. The van der Waals surface area contributed by atoms with Crippen LogP contribution in [0.5, 0.6) is 5.88 Å². The molecule has 1 aliphatic heterocycles. The van der Waals surface area contributed by atoms with Gasteiger partial charge in [-0.15, -0.1) is 24.8 Å². The second-order valence-electron chi connectivity index (χ2n) is 9.21. The molecule has 1 saturated heterocycles. The molecule has 190 valence electrons. The molecule has 3 N–H and O–H groups in total. The van der Waals surface area contributed by atoms with Gasteiger partial charge in [-0.1, -0.05) is 54.6 Å². The number of ether oxygens (including phenoxy) is 1. The second-order valence-corrected chi connectivity index (χ2v) is 9.21. The Morgan fingerprint density at radius 1 is 0.944 bits per heavy atom. The predicted molar refractivity (Wildman–Crippen MR) is 149 cm³/mol. The number of halogens is 2. The Morgan fingerprint density at radius 3 is 2.25 bits per heavy atom. The number of piperazine rings is 1. The van der Waals surface area contributed by atoms with Gasteiger partial charge in [0.1, 0.15) is 11.1 Å². The molecule has 36 heavy (non-hydrogen) atoms. The van der Waals surface area contributed by atoms with Gasteiger partial charge in [0, 0.05) is 42.8 Å². The van der Waals surface area contributed by atoms with Crippen molar-refractivity contribution in [2.45, 2.75) is 24.8 Å². The third-order valence-corrected chi connectivity index (χ3v) is 7.13. The van der Waals surface area contributed by atoms with E-state index in [1.807, 2.05) is 18.2 Å². The van der Waals surface area contributed by atoms with E-state index < -0.39 is 0 Å². The van der Waals surface area contributed by atoms with E-state index in [2.05, 4.69) is 46.6 Å². The van der Waals surface area contributed by atoms with Crippen molar-refractivity contribution in [2.24, 2.45) is 5.73 Å². The normalized spacial score (nSPS) is 16.6. The van der Waals surface area contributed by atoms with Gasteiger partial charge in [0.2, 0.25) is 17.5 Å². The quantitative estimate of drug-likeness (QED) is 0.370. The highest BCUT2D eigenvalue weighted by Gasteiger charge is 2.34. The first-order valence-corrected chi connectivity index (χ1v) is 12.0. The summed E-state index contributed by atoms with van der Waals surface area (Å²) < 4.78 is 12.3. The minimum Gasteiger partial charge on any atom is -0.480 e. The van der Waals surface area contributed by atoms with Crippen molar-refractivity contribution in [1.29, 1.82) is 0 Å². The summed E-state index contributed by atoms with van der Waals surface area (Å²) in [6.07, 6.45) is 3.26. The summed E-state index contributed by atoms with van der Waals surface area (Å²) in [7, 11) is 1.65.